The highest BCUT2D eigenvalue weighted by molar-refractivity contribution is 9.10. The molecule has 0 atom stereocenters. The number of benzene rings is 2. The molecule has 2 aromatic rings. The molecule has 1 aliphatic rings. The Balaban J connectivity index is 1.69. The lowest BCUT2D eigenvalue weighted by Gasteiger charge is -2.31. The van der Waals surface area contributed by atoms with Crippen LogP contribution in [0.2, 0.25) is 0 Å². The molecule has 7 nitrogen and oxygen atoms in total. The number of hydrogen-bond donors (Lipinski definition) is 1. The first kappa shape index (κ1) is 19.5. The Kier molecular flexibility index (Phi) is 5.93. The van der Waals surface area contributed by atoms with E-state index in [1.54, 1.807) is 17.0 Å². The quantitative estimate of drug-likeness (QED) is 0.705. The van der Waals surface area contributed by atoms with Crippen molar-refractivity contribution < 1.29 is 18.0 Å². The third-order valence-electron chi connectivity index (χ3n) is 4.28. The molecule has 0 radical (unpaired) electrons. The third-order valence-corrected chi connectivity index (χ3v) is 6.72. The number of amides is 2. The number of sulfonamides is 1. The molecule has 3 rings (SSSR count). The summed E-state index contributed by atoms with van der Waals surface area (Å²) in [5.74, 6) is -0.319. The summed E-state index contributed by atoms with van der Waals surface area (Å²) in [6.07, 6.45) is 0.725. The van der Waals surface area contributed by atoms with Crippen LogP contribution in [0.25, 0.3) is 0 Å². The van der Waals surface area contributed by atoms with E-state index in [4.69, 9.17) is 0 Å². The van der Waals surface area contributed by atoms with Crippen molar-refractivity contribution in [1.82, 2.24) is 9.21 Å². The van der Waals surface area contributed by atoms with E-state index in [9.17, 15) is 18.0 Å². The summed E-state index contributed by atoms with van der Waals surface area (Å²) >= 11 is 3.33. The molecular weight excluding hydrogens is 434 g/mol. The SMILES string of the molecule is O=CN1CCN(S(=O)(=O)c2ccc(C(=O)Nc3ccc(Br)cc3)cc2)CC1. The average Bonchev–Trinajstić information content (AvgIpc) is 2.70. The van der Waals surface area contributed by atoms with Gasteiger partial charge >= 0.3 is 0 Å². The van der Waals surface area contributed by atoms with E-state index in [1.807, 2.05) is 12.1 Å². The summed E-state index contributed by atoms with van der Waals surface area (Å²) in [6, 6.07) is 13.0. The Bertz CT molecular complexity index is 922. The molecule has 0 unspecified atom stereocenters. The first-order valence-corrected chi connectivity index (χ1v) is 10.5. The third kappa shape index (κ3) is 4.55. The molecule has 0 aliphatic carbocycles. The Morgan fingerprint density at radius 1 is 0.963 bits per heavy atom. The Morgan fingerprint density at radius 3 is 2.11 bits per heavy atom. The molecule has 2 aromatic carbocycles. The van der Waals surface area contributed by atoms with Crippen molar-refractivity contribution in [2.45, 2.75) is 4.90 Å². The van der Waals surface area contributed by atoms with Gasteiger partial charge in [-0.3, -0.25) is 9.59 Å². The minimum absolute atomic E-state index is 0.127. The van der Waals surface area contributed by atoms with Crippen molar-refractivity contribution in [1.29, 1.82) is 0 Å². The number of anilines is 1. The molecule has 9 heteroatoms. The number of carbonyl (C=O) groups excluding carboxylic acids is 2. The summed E-state index contributed by atoms with van der Waals surface area (Å²) < 4.78 is 27.7. The van der Waals surface area contributed by atoms with E-state index in [1.165, 1.54) is 28.6 Å². The second-order valence-corrected chi connectivity index (χ2v) is 8.88. The monoisotopic (exact) mass is 451 g/mol. The van der Waals surface area contributed by atoms with Crippen molar-refractivity contribution in [2.24, 2.45) is 0 Å². The second-order valence-electron chi connectivity index (χ2n) is 6.03. The van der Waals surface area contributed by atoms with E-state index in [-0.39, 0.29) is 23.9 Å². The lowest BCUT2D eigenvalue weighted by Crippen LogP contribution is -2.47. The normalized spacial score (nSPS) is 15.4. The van der Waals surface area contributed by atoms with Gasteiger partial charge in [-0.15, -0.1) is 0 Å². The predicted octanol–water partition coefficient (Wildman–Crippen LogP) is 2.16. The molecule has 27 heavy (non-hydrogen) atoms. The maximum Gasteiger partial charge on any atom is 0.255 e. The van der Waals surface area contributed by atoms with Gasteiger partial charge in [0.2, 0.25) is 16.4 Å². The smallest absolute Gasteiger partial charge is 0.255 e. The minimum atomic E-state index is -3.65. The molecule has 0 saturated carbocycles. The highest BCUT2D eigenvalue weighted by Gasteiger charge is 2.28. The van der Waals surface area contributed by atoms with Crippen molar-refractivity contribution >= 4 is 44.0 Å². The van der Waals surface area contributed by atoms with Gasteiger partial charge in [0.25, 0.3) is 5.91 Å². The predicted molar refractivity (Wildman–Crippen MR) is 105 cm³/mol. The number of carbonyl (C=O) groups is 2. The lowest BCUT2D eigenvalue weighted by molar-refractivity contribution is -0.119. The molecule has 0 bridgehead atoms. The maximum atomic E-state index is 12.7. The number of nitrogens with one attached hydrogen (secondary N) is 1. The maximum absolute atomic E-state index is 12.7. The molecule has 1 N–H and O–H groups in total. The average molecular weight is 452 g/mol. The fourth-order valence-corrected chi connectivity index (χ4v) is 4.40. The number of rotatable bonds is 5. The Labute approximate surface area is 166 Å². The molecule has 2 amide bonds. The van der Waals surface area contributed by atoms with Crippen LogP contribution in [-0.4, -0.2) is 56.1 Å². The van der Waals surface area contributed by atoms with Crippen molar-refractivity contribution in [3.8, 4) is 0 Å². The fraction of sp³-hybridized carbons (Fsp3) is 0.222. The molecule has 1 aliphatic heterocycles. The number of nitrogens with zero attached hydrogens (tertiary/aromatic N) is 2. The van der Waals surface area contributed by atoms with Gasteiger partial charge in [-0.1, -0.05) is 15.9 Å². The van der Waals surface area contributed by atoms with Crippen LogP contribution in [0.1, 0.15) is 10.4 Å². The molecule has 142 valence electrons. The summed E-state index contributed by atoms with van der Waals surface area (Å²) in [5.41, 5.74) is 1.01. The van der Waals surface area contributed by atoms with Gasteiger partial charge in [0.15, 0.2) is 0 Å². The highest BCUT2D eigenvalue weighted by atomic mass is 79.9. The summed E-state index contributed by atoms with van der Waals surface area (Å²) in [6.45, 7) is 1.26. The van der Waals surface area contributed by atoms with Gasteiger partial charge in [-0.2, -0.15) is 4.31 Å². The number of hydrogen-bond acceptors (Lipinski definition) is 4. The van der Waals surface area contributed by atoms with E-state index in [2.05, 4.69) is 21.2 Å². The molecular formula is C18H18BrN3O4S. The topological polar surface area (TPSA) is 86.8 Å². The van der Waals surface area contributed by atoms with E-state index in [0.29, 0.717) is 24.3 Å². The zero-order valence-corrected chi connectivity index (χ0v) is 16.7. The molecule has 1 fully saturated rings. The first-order valence-electron chi connectivity index (χ1n) is 8.26. The van der Waals surface area contributed by atoms with Gasteiger partial charge in [-0.25, -0.2) is 8.42 Å². The Hall–Kier alpha value is -2.23. The van der Waals surface area contributed by atoms with Crippen LogP contribution in [0, 0.1) is 0 Å². The van der Waals surface area contributed by atoms with Crippen LogP contribution in [0.5, 0.6) is 0 Å². The number of piperazine rings is 1. The highest BCUT2D eigenvalue weighted by Crippen LogP contribution is 2.19. The van der Waals surface area contributed by atoms with Crippen LogP contribution in [0.15, 0.2) is 57.9 Å². The Morgan fingerprint density at radius 2 is 1.56 bits per heavy atom. The van der Waals surface area contributed by atoms with Gasteiger partial charge in [0.05, 0.1) is 4.90 Å². The van der Waals surface area contributed by atoms with Crippen LogP contribution in [0.3, 0.4) is 0 Å². The molecule has 0 aromatic heterocycles. The standard InChI is InChI=1S/C18H18BrN3O4S/c19-15-3-5-16(6-4-15)20-18(24)14-1-7-17(8-2-14)27(25,26)22-11-9-21(13-23)10-12-22/h1-8,13H,9-12H2,(H,20,24). The molecule has 1 saturated heterocycles. The summed E-state index contributed by atoms with van der Waals surface area (Å²) in [4.78, 5) is 24.7. The van der Waals surface area contributed by atoms with E-state index < -0.39 is 10.0 Å². The summed E-state index contributed by atoms with van der Waals surface area (Å²) in [7, 11) is -3.65. The lowest BCUT2D eigenvalue weighted by atomic mass is 10.2. The van der Waals surface area contributed by atoms with Crippen LogP contribution >= 0.6 is 15.9 Å². The van der Waals surface area contributed by atoms with E-state index >= 15 is 0 Å². The van der Waals surface area contributed by atoms with Crippen molar-refractivity contribution in [3.05, 3.63) is 58.6 Å². The zero-order valence-electron chi connectivity index (χ0n) is 14.3. The van der Waals surface area contributed by atoms with Gasteiger partial charge in [-0.05, 0) is 48.5 Å². The molecule has 0 spiro atoms. The fourth-order valence-electron chi connectivity index (χ4n) is 2.71. The zero-order chi connectivity index (χ0) is 19.4. The van der Waals surface area contributed by atoms with Gasteiger partial charge in [0, 0.05) is 41.9 Å². The van der Waals surface area contributed by atoms with Crippen molar-refractivity contribution in [2.75, 3.05) is 31.5 Å². The van der Waals surface area contributed by atoms with Gasteiger partial charge in [0.1, 0.15) is 0 Å². The van der Waals surface area contributed by atoms with E-state index in [0.717, 1.165) is 10.9 Å². The van der Waals surface area contributed by atoms with Crippen LogP contribution in [-0.2, 0) is 14.8 Å². The second kappa shape index (κ2) is 8.20. The first-order chi connectivity index (χ1) is 12.9. The van der Waals surface area contributed by atoms with Crippen LogP contribution < -0.4 is 5.32 Å². The summed E-state index contributed by atoms with van der Waals surface area (Å²) in [5, 5.41) is 2.76. The number of halogens is 1. The van der Waals surface area contributed by atoms with Gasteiger partial charge < -0.3 is 10.2 Å². The van der Waals surface area contributed by atoms with Crippen molar-refractivity contribution in [3.63, 3.8) is 0 Å². The molecule has 1 heterocycles. The van der Waals surface area contributed by atoms with Crippen LogP contribution in [0.4, 0.5) is 5.69 Å². The minimum Gasteiger partial charge on any atom is -0.343 e. The largest absolute Gasteiger partial charge is 0.343 e.